The van der Waals surface area contributed by atoms with Gasteiger partial charge in [0.25, 0.3) is 0 Å². The topological polar surface area (TPSA) is 67.8 Å². The molecular weight excluding hydrogens is 330 g/mol. The van der Waals surface area contributed by atoms with Crippen molar-refractivity contribution in [2.75, 3.05) is 13.2 Å². The Labute approximate surface area is 155 Å². The highest BCUT2D eigenvalue weighted by Crippen LogP contribution is 2.58. The molecule has 1 heterocycles. The van der Waals surface area contributed by atoms with E-state index in [4.69, 9.17) is 9.47 Å². The molecule has 3 fully saturated rings. The SMILES string of the molecule is CCOc1ccc(C[C@H]2NC[C@H](O)[C@H]2OC(=O)C2CC3(CCC3)C2)cc1. The average molecular weight is 359 g/mol. The summed E-state index contributed by atoms with van der Waals surface area (Å²) in [6, 6.07) is 7.92. The van der Waals surface area contributed by atoms with Gasteiger partial charge in [0.05, 0.1) is 18.6 Å². The summed E-state index contributed by atoms with van der Waals surface area (Å²) in [4.78, 5) is 12.5. The molecule has 0 bridgehead atoms. The molecule has 0 unspecified atom stereocenters. The number of nitrogens with one attached hydrogen (secondary N) is 1. The molecule has 3 aliphatic rings. The molecule has 1 saturated heterocycles. The molecular formula is C21H29NO4. The van der Waals surface area contributed by atoms with E-state index in [-0.39, 0.29) is 17.9 Å². The van der Waals surface area contributed by atoms with Gasteiger partial charge in [-0.2, -0.15) is 0 Å². The molecule has 4 rings (SSSR count). The summed E-state index contributed by atoms with van der Waals surface area (Å²) < 4.78 is 11.2. The number of β-amino-alcohol motifs (C(OH)–C–C–N with tert-alkyl or cyclic N) is 1. The number of benzene rings is 1. The van der Waals surface area contributed by atoms with Crippen molar-refractivity contribution in [3.05, 3.63) is 29.8 Å². The first kappa shape index (κ1) is 17.8. The number of ether oxygens (including phenoxy) is 2. The van der Waals surface area contributed by atoms with E-state index >= 15 is 0 Å². The van der Waals surface area contributed by atoms with Gasteiger partial charge in [-0.15, -0.1) is 0 Å². The summed E-state index contributed by atoms with van der Waals surface area (Å²) in [7, 11) is 0. The number of rotatable bonds is 6. The Morgan fingerprint density at radius 3 is 2.62 bits per heavy atom. The van der Waals surface area contributed by atoms with Crippen molar-refractivity contribution in [1.82, 2.24) is 5.32 Å². The molecule has 1 spiro atoms. The predicted octanol–water partition coefficient (Wildman–Crippen LogP) is 2.45. The maximum Gasteiger partial charge on any atom is 0.309 e. The minimum absolute atomic E-state index is 0.0363. The van der Waals surface area contributed by atoms with Gasteiger partial charge in [-0.1, -0.05) is 18.6 Å². The Hall–Kier alpha value is -1.59. The van der Waals surface area contributed by atoms with E-state index in [0.29, 0.717) is 18.6 Å². The van der Waals surface area contributed by atoms with Crippen LogP contribution in [0.1, 0.15) is 44.6 Å². The van der Waals surface area contributed by atoms with Crippen molar-refractivity contribution in [3.8, 4) is 5.75 Å². The summed E-state index contributed by atoms with van der Waals surface area (Å²) >= 11 is 0. The molecule has 2 N–H and O–H groups in total. The molecule has 26 heavy (non-hydrogen) atoms. The van der Waals surface area contributed by atoms with Crippen LogP contribution in [-0.4, -0.2) is 42.5 Å². The molecule has 0 aromatic heterocycles. The average Bonchev–Trinajstić information content (AvgIpc) is 2.87. The van der Waals surface area contributed by atoms with Gasteiger partial charge >= 0.3 is 5.97 Å². The molecule has 0 amide bonds. The molecule has 5 nitrogen and oxygen atoms in total. The number of hydrogen-bond donors (Lipinski definition) is 2. The number of esters is 1. The summed E-state index contributed by atoms with van der Waals surface area (Å²) in [5, 5.41) is 13.6. The van der Waals surface area contributed by atoms with Gasteiger partial charge in [0.1, 0.15) is 18.0 Å². The highest BCUT2D eigenvalue weighted by atomic mass is 16.6. The smallest absolute Gasteiger partial charge is 0.309 e. The fraction of sp³-hybridized carbons (Fsp3) is 0.667. The zero-order chi connectivity index (χ0) is 18.1. The van der Waals surface area contributed by atoms with Gasteiger partial charge in [-0.3, -0.25) is 4.79 Å². The van der Waals surface area contributed by atoms with E-state index in [0.717, 1.165) is 30.6 Å². The molecule has 5 heteroatoms. The van der Waals surface area contributed by atoms with Crippen LogP contribution in [-0.2, 0) is 16.0 Å². The molecule has 2 aliphatic carbocycles. The van der Waals surface area contributed by atoms with E-state index in [2.05, 4.69) is 5.32 Å². The van der Waals surface area contributed by atoms with E-state index in [1.807, 2.05) is 31.2 Å². The van der Waals surface area contributed by atoms with E-state index < -0.39 is 12.2 Å². The van der Waals surface area contributed by atoms with Crippen molar-refractivity contribution in [2.24, 2.45) is 11.3 Å². The summed E-state index contributed by atoms with van der Waals surface area (Å²) in [6.45, 7) is 3.08. The number of hydrogen-bond acceptors (Lipinski definition) is 5. The lowest BCUT2D eigenvalue weighted by Gasteiger charge is -2.53. The lowest BCUT2D eigenvalue weighted by molar-refractivity contribution is -0.171. The van der Waals surface area contributed by atoms with Crippen LogP contribution in [0.25, 0.3) is 0 Å². The Morgan fingerprint density at radius 1 is 1.27 bits per heavy atom. The third-order valence-corrected chi connectivity index (χ3v) is 6.41. The monoisotopic (exact) mass is 359 g/mol. The first-order valence-electron chi connectivity index (χ1n) is 9.92. The normalized spacial score (nSPS) is 29.8. The second-order valence-electron chi connectivity index (χ2n) is 8.22. The quantitative estimate of drug-likeness (QED) is 0.764. The van der Waals surface area contributed by atoms with Crippen LogP contribution < -0.4 is 10.1 Å². The molecule has 1 aliphatic heterocycles. The van der Waals surface area contributed by atoms with Gasteiger partial charge < -0.3 is 19.9 Å². The predicted molar refractivity (Wildman–Crippen MR) is 98.0 cm³/mol. The lowest BCUT2D eigenvalue weighted by atomic mass is 9.52. The van der Waals surface area contributed by atoms with Crippen LogP contribution in [0.3, 0.4) is 0 Å². The highest BCUT2D eigenvalue weighted by molar-refractivity contribution is 5.74. The number of aliphatic hydroxyl groups is 1. The van der Waals surface area contributed by atoms with Crippen LogP contribution in [0.4, 0.5) is 0 Å². The molecule has 0 radical (unpaired) electrons. The second kappa shape index (κ2) is 7.20. The zero-order valence-corrected chi connectivity index (χ0v) is 15.4. The summed E-state index contributed by atoms with van der Waals surface area (Å²) in [5.41, 5.74) is 1.59. The molecule has 1 aromatic rings. The Balaban J connectivity index is 1.33. The van der Waals surface area contributed by atoms with Gasteiger partial charge in [0.15, 0.2) is 0 Å². The van der Waals surface area contributed by atoms with E-state index in [1.165, 1.54) is 19.3 Å². The van der Waals surface area contributed by atoms with Crippen LogP contribution in [0.15, 0.2) is 24.3 Å². The zero-order valence-electron chi connectivity index (χ0n) is 15.4. The minimum atomic E-state index is -0.635. The van der Waals surface area contributed by atoms with Gasteiger partial charge in [-0.05, 0) is 62.1 Å². The molecule has 3 atom stereocenters. The van der Waals surface area contributed by atoms with E-state index in [1.54, 1.807) is 0 Å². The van der Waals surface area contributed by atoms with Gasteiger partial charge in [0.2, 0.25) is 0 Å². The van der Waals surface area contributed by atoms with Crippen molar-refractivity contribution in [1.29, 1.82) is 0 Å². The largest absolute Gasteiger partial charge is 0.494 e. The number of aliphatic hydroxyl groups excluding tert-OH is 1. The van der Waals surface area contributed by atoms with E-state index in [9.17, 15) is 9.90 Å². The van der Waals surface area contributed by atoms with Crippen molar-refractivity contribution in [3.63, 3.8) is 0 Å². The highest BCUT2D eigenvalue weighted by Gasteiger charge is 2.52. The Morgan fingerprint density at radius 2 is 2.00 bits per heavy atom. The first-order chi connectivity index (χ1) is 12.6. The Bertz CT molecular complexity index is 632. The maximum absolute atomic E-state index is 12.5. The van der Waals surface area contributed by atoms with Crippen LogP contribution >= 0.6 is 0 Å². The van der Waals surface area contributed by atoms with Crippen molar-refractivity contribution < 1.29 is 19.4 Å². The number of carbonyl (C=O) groups is 1. The third kappa shape index (κ3) is 3.47. The van der Waals surface area contributed by atoms with Crippen molar-refractivity contribution >= 4 is 5.97 Å². The fourth-order valence-corrected chi connectivity index (χ4v) is 4.73. The third-order valence-electron chi connectivity index (χ3n) is 6.41. The summed E-state index contributed by atoms with van der Waals surface area (Å²) in [5.74, 6) is 0.773. The molecule has 1 aromatic carbocycles. The first-order valence-corrected chi connectivity index (χ1v) is 9.92. The molecule has 2 saturated carbocycles. The maximum atomic E-state index is 12.5. The van der Waals surface area contributed by atoms with Gasteiger partial charge in [0, 0.05) is 6.54 Å². The standard InChI is InChI=1S/C21H29NO4/c1-2-25-16-6-4-14(5-7-16)10-17-19(18(23)13-22-17)26-20(24)15-11-21(12-15)8-3-9-21/h4-7,15,17-19,22-23H,2-3,8-13H2,1H3/t17-,18+,19+/m1/s1. The second-order valence-corrected chi connectivity index (χ2v) is 8.22. The van der Waals surface area contributed by atoms with Crippen LogP contribution in [0.2, 0.25) is 0 Å². The fourth-order valence-electron chi connectivity index (χ4n) is 4.73. The van der Waals surface area contributed by atoms with Crippen LogP contribution in [0, 0.1) is 11.3 Å². The van der Waals surface area contributed by atoms with Crippen molar-refractivity contribution in [2.45, 2.75) is 63.7 Å². The molecule has 142 valence electrons. The minimum Gasteiger partial charge on any atom is -0.494 e. The summed E-state index contributed by atoms with van der Waals surface area (Å²) in [6.07, 6.45) is 5.41. The lowest BCUT2D eigenvalue weighted by Crippen LogP contribution is -2.48. The Kier molecular flexibility index (Phi) is 4.93. The number of carbonyl (C=O) groups excluding carboxylic acids is 1. The van der Waals surface area contributed by atoms with Gasteiger partial charge in [-0.25, -0.2) is 0 Å². The van der Waals surface area contributed by atoms with Crippen LogP contribution in [0.5, 0.6) is 5.75 Å².